The van der Waals surface area contributed by atoms with E-state index in [1.165, 1.54) is 36.1 Å². The van der Waals surface area contributed by atoms with Crippen LogP contribution in [0.4, 0.5) is 5.69 Å². The van der Waals surface area contributed by atoms with Gasteiger partial charge < -0.3 is 11.1 Å². The number of rotatable bonds is 5. The second-order valence-corrected chi connectivity index (χ2v) is 7.22. The quantitative estimate of drug-likeness (QED) is 0.648. The second kappa shape index (κ2) is 7.72. The Labute approximate surface area is 150 Å². The molecule has 0 fully saturated rings. The van der Waals surface area contributed by atoms with Crippen LogP contribution in [-0.4, -0.2) is 22.3 Å². The van der Waals surface area contributed by atoms with Crippen molar-refractivity contribution < 1.29 is 0 Å². The van der Waals surface area contributed by atoms with Crippen LogP contribution >= 0.6 is 0 Å². The summed E-state index contributed by atoms with van der Waals surface area (Å²) in [6, 6.07) is 8.53. The van der Waals surface area contributed by atoms with E-state index >= 15 is 0 Å². The van der Waals surface area contributed by atoms with Crippen LogP contribution in [0.2, 0.25) is 0 Å². The number of guanidine groups is 1. The Morgan fingerprint density at radius 3 is 2.88 bits per heavy atom. The Hall–Kier alpha value is -2.30. The lowest BCUT2D eigenvalue weighted by Gasteiger charge is -2.20. The van der Waals surface area contributed by atoms with Crippen molar-refractivity contribution in [2.45, 2.75) is 53.0 Å². The number of benzene rings is 1. The highest BCUT2D eigenvalue weighted by Crippen LogP contribution is 2.27. The van der Waals surface area contributed by atoms with Crippen molar-refractivity contribution in [3.8, 4) is 0 Å². The molecule has 25 heavy (non-hydrogen) atoms. The molecule has 0 radical (unpaired) electrons. The smallest absolute Gasteiger partial charge is 0.193 e. The van der Waals surface area contributed by atoms with Gasteiger partial charge in [-0.2, -0.15) is 5.10 Å². The van der Waals surface area contributed by atoms with Gasteiger partial charge in [-0.25, -0.2) is 0 Å². The first-order valence-electron chi connectivity index (χ1n) is 9.21. The van der Waals surface area contributed by atoms with Crippen LogP contribution in [-0.2, 0) is 19.4 Å². The Morgan fingerprint density at radius 2 is 2.12 bits per heavy atom. The van der Waals surface area contributed by atoms with Crippen LogP contribution in [0.3, 0.4) is 0 Å². The number of nitrogens with two attached hydrogens (primary N) is 1. The fourth-order valence-electron chi connectivity index (χ4n) is 3.54. The third kappa shape index (κ3) is 4.41. The molecule has 0 saturated heterocycles. The molecule has 2 aromatic rings. The number of hydrogen-bond acceptors (Lipinski definition) is 2. The molecule has 1 aromatic heterocycles. The number of aryl methyl sites for hydroxylation is 3. The van der Waals surface area contributed by atoms with Crippen LogP contribution in [0, 0.1) is 19.8 Å². The zero-order chi connectivity index (χ0) is 17.8. The minimum atomic E-state index is 0.378. The predicted octanol–water partition coefficient (Wildman–Crippen LogP) is 3.44. The van der Waals surface area contributed by atoms with E-state index in [2.05, 4.69) is 53.5 Å². The third-order valence-electron chi connectivity index (χ3n) is 4.82. The number of fused-ring (bicyclic) bond motifs is 1. The van der Waals surface area contributed by atoms with Gasteiger partial charge in [-0.1, -0.05) is 19.1 Å². The normalized spacial score (nSPS) is 15.7. The molecular weight excluding hydrogens is 310 g/mol. The topological polar surface area (TPSA) is 68.2 Å². The number of nitrogens with zero attached hydrogens (tertiary/aromatic N) is 3. The molecule has 0 spiro atoms. The van der Waals surface area contributed by atoms with E-state index in [1.807, 2.05) is 11.6 Å². The molecule has 1 aromatic carbocycles. The molecule has 5 nitrogen and oxygen atoms in total. The van der Waals surface area contributed by atoms with Crippen LogP contribution in [0.5, 0.6) is 0 Å². The molecule has 0 amide bonds. The van der Waals surface area contributed by atoms with E-state index < -0.39 is 0 Å². The van der Waals surface area contributed by atoms with E-state index in [1.54, 1.807) is 0 Å². The largest absolute Gasteiger partial charge is 0.370 e. The van der Waals surface area contributed by atoms with E-state index in [-0.39, 0.29) is 0 Å². The molecule has 0 aliphatic heterocycles. The first-order chi connectivity index (χ1) is 12.0. The highest BCUT2D eigenvalue weighted by atomic mass is 15.3. The summed E-state index contributed by atoms with van der Waals surface area (Å²) in [5, 5.41) is 7.82. The Balaban J connectivity index is 1.60. The molecule has 0 saturated carbocycles. The molecule has 1 aliphatic rings. The van der Waals surface area contributed by atoms with Crippen LogP contribution in [0.15, 0.2) is 29.3 Å². The zero-order valence-corrected chi connectivity index (χ0v) is 15.5. The van der Waals surface area contributed by atoms with Crippen molar-refractivity contribution in [2.24, 2.45) is 16.6 Å². The number of nitrogens with one attached hydrogen (secondary N) is 1. The highest BCUT2D eigenvalue weighted by Gasteiger charge is 2.13. The Morgan fingerprint density at radius 1 is 1.32 bits per heavy atom. The Kier molecular flexibility index (Phi) is 5.41. The first-order valence-corrected chi connectivity index (χ1v) is 9.21. The van der Waals surface area contributed by atoms with Crippen molar-refractivity contribution in [2.75, 3.05) is 11.9 Å². The van der Waals surface area contributed by atoms with Gasteiger partial charge in [0.05, 0.1) is 5.69 Å². The summed E-state index contributed by atoms with van der Waals surface area (Å²) in [6.45, 7) is 7.83. The fourth-order valence-corrected chi connectivity index (χ4v) is 3.54. The summed E-state index contributed by atoms with van der Waals surface area (Å²) in [5.41, 5.74) is 12.3. The second-order valence-electron chi connectivity index (χ2n) is 7.22. The highest BCUT2D eigenvalue weighted by molar-refractivity contribution is 5.93. The van der Waals surface area contributed by atoms with Crippen LogP contribution in [0.25, 0.3) is 0 Å². The van der Waals surface area contributed by atoms with Gasteiger partial charge in [0.25, 0.3) is 0 Å². The summed E-state index contributed by atoms with van der Waals surface area (Å²) in [7, 11) is 0. The van der Waals surface area contributed by atoms with Crippen molar-refractivity contribution in [3.63, 3.8) is 0 Å². The predicted molar refractivity (Wildman–Crippen MR) is 104 cm³/mol. The van der Waals surface area contributed by atoms with E-state index in [0.29, 0.717) is 18.4 Å². The fraction of sp³-hybridized carbons (Fsp3) is 0.500. The van der Waals surface area contributed by atoms with Crippen molar-refractivity contribution in [3.05, 3.63) is 46.8 Å². The SMILES string of the molecule is Cc1cc(C)n(CC(C)CN=C(N)Nc2cccc3c2CCCC3)n1. The number of hydrogen-bond donors (Lipinski definition) is 2. The van der Waals surface area contributed by atoms with E-state index in [9.17, 15) is 0 Å². The average molecular weight is 339 g/mol. The molecule has 1 unspecified atom stereocenters. The number of aromatic nitrogens is 2. The monoisotopic (exact) mass is 339 g/mol. The van der Waals surface area contributed by atoms with Gasteiger partial charge in [0.1, 0.15) is 0 Å². The molecule has 134 valence electrons. The summed E-state index contributed by atoms with van der Waals surface area (Å²) >= 11 is 0. The van der Waals surface area contributed by atoms with Crippen LogP contribution < -0.4 is 11.1 Å². The summed E-state index contributed by atoms with van der Waals surface area (Å²) in [4.78, 5) is 4.54. The van der Waals surface area contributed by atoms with Gasteiger partial charge in [0.2, 0.25) is 0 Å². The molecule has 0 bridgehead atoms. The standard InChI is InChI=1S/C20H29N5/c1-14(13-25-16(3)11-15(2)24-25)12-22-20(21)23-19-10-6-8-17-7-4-5-9-18(17)19/h6,8,10-11,14H,4-5,7,9,12-13H2,1-3H3,(H3,21,22,23). The van der Waals surface area contributed by atoms with E-state index in [0.717, 1.165) is 24.3 Å². The van der Waals surface area contributed by atoms with Crippen molar-refractivity contribution >= 4 is 11.6 Å². The number of aliphatic imine (C=N–C) groups is 1. The van der Waals surface area contributed by atoms with Crippen molar-refractivity contribution in [1.29, 1.82) is 0 Å². The number of anilines is 1. The van der Waals surface area contributed by atoms with Crippen LogP contribution in [0.1, 0.15) is 42.3 Å². The first kappa shape index (κ1) is 17.5. The van der Waals surface area contributed by atoms with E-state index in [4.69, 9.17) is 5.73 Å². The molecule has 1 heterocycles. The molecule has 5 heteroatoms. The minimum Gasteiger partial charge on any atom is -0.370 e. The van der Waals surface area contributed by atoms with Crippen molar-refractivity contribution in [1.82, 2.24) is 9.78 Å². The lowest BCUT2D eigenvalue weighted by atomic mass is 9.90. The molecule has 3 rings (SSSR count). The lowest BCUT2D eigenvalue weighted by Crippen LogP contribution is -2.25. The van der Waals surface area contributed by atoms with Gasteiger partial charge in [0, 0.05) is 24.5 Å². The van der Waals surface area contributed by atoms with Gasteiger partial charge >= 0.3 is 0 Å². The lowest BCUT2D eigenvalue weighted by molar-refractivity contribution is 0.450. The molecular formula is C20H29N5. The molecule has 1 aliphatic carbocycles. The summed E-state index contributed by atoms with van der Waals surface area (Å²) in [5.74, 6) is 0.877. The minimum absolute atomic E-state index is 0.378. The average Bonchev–Trinajstić information content (AvgIpc) is 2.90. The summed E-state index contributed by atoms with van der Waals surface area (Å²) in [6.07, 6.45) is 4.83. The third-order valence-corrected chi connectivity index (χ3v) is 4.82. The molecule has 1 atom stereocenters. The maximum atomic E-state index is 6.13. The maximum Gasteiger partial charge on any atom is 0.193 e. The van der Waals surface area contributed by atoms with Gasteiger partial charge in [0.15, 0.2) is 5.96 Å². The Bertz CT molecular complexity index is 759. The molecule has 3 N–H and O–H groups in total. The summed E-state index contributed by atoms with van der Waals surface area (Å²) < 4.78 is 2.05. The maximum absolute atomic E-state index is 6.13. The van der Waals surface area contributed by atoms with Gasteiger partial charge in [-0.15, -0.1) is 0 Å². The zero-order valence-electron chi connectivity index (χ0n) is 15.5. The van der Waals surface area contributed by atoms with Gasteiger partial charge in [-0.3, -0.25) is 9.67 Å². The van der Waals surface area contributed by atoms with Gasteiger partial charge in [-0.05, 0) is 68.7 Å².